The van der Waals surface area contributed by atoms with Crippen molar-refractivity contribution >= 4 is 12.0 Å². The first kappa shape index (κ1) is 21.6. The Hall–Kier alpha value is -2.59. The Bertz CT molecular complexity index is 958. The van der Waals surface area contributed by atoms with Crippen LogP contribution in [0.1, 0.15) is 50.2 Å². The zero-order valence-corrected chi connectivity index (χ0v) is 18.7. The van der Waals surface area contributed by atoms with E-state index in [0.717, 1.165) is 42.4 Å². The number of aliphatic hydroxyl groups is 1. The molecule has 2 aliphatic heterocycles. The molecule has 0 bridgehead atoms. The van der Waals surface area contributed by atoms with Gasteiger partial charge in [-0.1, -0.05) is 43.5 Å². The fraction of sp³-hybridized carbons (Fsp3) is 0.444. The van der Waals surface area contributed by atoms with Gasteiger partial charge in [-0.05, 0) is 55.0 Å². The Morgan fingerprint density at radius 3 is 2.55 bits per heavy atom. The molecule has 2 heterocycles. The Labute approximate surface area is 185 Å². The maximum absolute atomic E-state index is 12.3. The van der Waals surface area contributed by atoms with Crippen molar-refractivity contribution in [3.05, 3.63) is 77.1 Å². The van der Waals surface area contributed by atoms with Crippen molar-refractivity contribution in [2.45, 2.75) is 57.7 Å². The SMILES string of the molecule is C=C1OC2(CCN(C(=O)C3CC3)CC2)CC(O)/C1=C/C(=C)/C(C)=C/c1ccccc1C. The van der Waals surface area contributed by atoms with E-state index >= 15 is 0 Å². The third-order valence-electron chi connectivity index (χ3n) is 6.90. The summed E-state index contributed by atoms with van der Waals surface area (Å²) in [6.07, 6.45) is 7.43. The van der Waals surface area contributed by atoms with Crippen molar-refractivity contribution in [1.29, 1.82) is 0 Å². The van der Waals surface area contributed by atoms with Crippen LogP contribution in [0.25, 0.3) is 6.08 Å². The highest BCUT2D eigenvalue weighted by molar-refractivity contribution is 5.81. The number of carbonyl (C=O) groups excluding carboxylic acids is 1. The van der Waals surface area contributed by atoms with E-state index in [9.17, 15) is 9.90 Å². The van der Waals surface area contributed by atoms with Gasteiger partial charge in [-0.15, -0.1) is 0 Å². The van der Waals surface area contributed by atoms with E-state index in [1.807, 2.05) is 30.0 Å². The quantitative estimate of drug-likeness (QED) is 0.703. The van der Waals surface area contributed by atoms with E-state index in [1.165, 1.54) is 5.56 Å². The van der Waals surface area contributed by atoms with Crippen molar-refractivity contribution in [2.24, 2.45) is 5.92 Å². The van der Waals surface area contributed by atoms with Crippen molar-refractivity contribution in [3.63, 3.8) is 0 Å². The van der Waals surface area contributed by atoms with Gasteiger partial charge in [0.15, 0.2) is 0 Å². The van der Waals surface area contributed by atoms with Crippen LogP contribution in [0.4, 0.5) is 0 Å². The highest BCUT2D eigenvalue weighted by atomic mass is 16.5. The summed E-state index contributed by atoms with van der Waals surface area (Å²) in [6, 6.07) is 8.22. The third kappa shape index (κ3) is 4.69. The maximum atomic E-state index is 12.3. The molecular formula is C27H33NO3. The first-order valence-corrected chi connectivity index (χ1v) is 11.3. The minimum absolute atomic E-state index is 0.249. The predicted molar refractivity (Wildman–Crippen MR) is 124 cm³/mol. The lowest BCUT2D eigenvalue weighted by atomic mass is 9.80. The second kappa shape index (κ2) is 8.51. The molecule has 164 valence electrons. The largest absolute Gasteiger partial charge is 0.487 e. The average molecular weight is 420 g/mol. The summed E-state index contributed by atoms with van der Waals surface area (Å²) in [5.74, 6) is 1.06. The fourth-order valence-electron chi connectivity index (χ4n) is 4.59. The number of rotatable bonds is 4. The van der Waals surface area contributed by atoms with Crippen LogP contribution in [0, 0.1) is 12.8 Å². The van der Waals surface area contributed by atoms with Crippen LogP contribution in [0.3, 0.4) is 0 Å². The maximum Gasteiger partial charge on any atom is 0.225 e. The molecule has 1 unspecified atom stereocenters. The zero-order valence-electron chi connectivity index (χ0n) is 18.7. The summed E-state index contributed by atoms with van der Waals surface area (Å²) in [5.41, 5.74) is 4.51. The number of hydrogen-bond donors (Lipinski definition) is 1. The van der Waals surface area contributed by atoms with Crippen LogP contribution in [0.15, 0.2) is 66.0 Å². The molecule has 31 heavy (non-hydrogen) atoms. The number of aliphatic hydroxyl groups excluding tert-OH is 1. The van der Waals surface area contributed by atoms with Crippen LogP contribution < -0.4 is 0 Å². The van der Waals surface area contributed by atoms with Gasteiger partial charge in [0.05, 0.1) is 6.10 Å². The molecule has 1 saturated carbocycles. The molecule has 1 spiro atoms. The van der Waals surface area contributed by atoms with Crippen molar-refractivity contribution < 1.29 is 14.6 Å². The van der Waals surface area contributed by atoms with E-state index in [1.54, 1.807) is 0 Å². The topological polar surface area (TPSA) is 49.8 Å². The average Bonchev–Trinajstić information content (AvgIpc) is 3.58. The number of allylic oxidation sites excluding steroid dienone is 3. The number of hydrogen-bond acceptors (Lipinski definition) is 3. The standard InChI is InChI=1S/C27H33NO3/c1-18-7-5-6-8-23(18)15-19(2)20(3)16-24-21(4)31-27(17-25(24)29)11-13-28(14-12-27)26(30)22-9-10-22/h5-8,15-16,22,25,29H,3-4,9-14,17H2,1-2H3/b19-15+,24-16+. The molecule has 3 fully saturated rings. The number of aryl methyl sites for hydroxylation is 1. The molecule has 3 aliphatic rings. The van der Waals surface area contributed by atoms with Crippen LogP contribution in [0.5, 0.6) is 0 Å². The van der Waals surface area contributed by atoms with E-state index in [4.69, 9.17) is 4.74 Å². The zero-order chi connectivity index (χ0) is 22.2. The lowest BCUT2D eigenvalue weighted by Crippen LogP contribution is -2.52. The first-order chi connectivity index (χ1) is 14.8. The number of benzene rings is 1. The molecule has 1 aromatic carbocycles. The van der Waals surface area contributed by atoms with Gasteiger partial charge in [-0.2, -0.15) is 0 Å². The molecule has 1 amide bonds. The normalized spacial score (nSPS) is 24.9. The van der Waals surface area contributed by atoms with Crippen molar-refractivity contribution in [3.8, 4) is 0 Å². The van der Waals surface area contributed by atoms with Crippen LogP contribution in [0.2, 0.25) is 0 Å². The predicted octanol–water partition coefficient (Wildman–Crippen LogP) is 4.95. The fourth-order valence-corrected chi connectivity index (χ4v) is 4.59. The molecular weight excluding hydrogens is 386 g/mol. The minimum atomic E-state index is -0.644. The van der Waals surface area contributed by atoms with Gasteiger partial charge >= 0.3 is 0 Å². The second-order valence-electron chi connectivity index (χ2n) is 9.34. The highest BCUT2D eigenvalue weighted by Crippen LogP contribution is 2.42. The molecule has 4 nitrogen and oxygen atoms in total. The van der Waals surface area contributed by atoms with Crippen molar-refractivity contribution in [1.82, 2.24) is 4.90 Å². The number of ether oxygens (including phenoxy) is 1. The smallest absolute Gasteiger partial charge is 0.225 e. The minimum Gasteiger partial charge on any atom is -0.487 e. The summed E-state index contributed by atoms with van der Waals surface area (Å²) >= 11 is 0. The van der Waals surface area contributed by atoms with Gasteiger partial charge in [0.1, 0.15) is 11.4 Å². The summed E-state index contributed by atoms with van der Waals surface area (Å²) in [4.78, 5) is 14.3. The number of nitrogens with zero attached hydrogens (tertiary/aromatic N) is 1. The summed E-state index contributed by atoms with van der Waals surface area (Å²) in [6.45, 7) is 13.8. The summed E-state index contributed by atoms with van der Waals surface area (Å²) in [5, 5.41) is 10.9. The summed E-state index contributed by atoms with van der Waals surface area (Å²) < 4.78 is 6.30. The second-order valence-corrected chi connectivity index (χ2v) is 9.34. The number of piperidine rings is 1. The molecule has 0 aromatic heterocycles. The molecule has 0 radical (unpaired) electrons. The van der Waals surface area contributed by atoms with Gasteiger partial charge in [-0.25, -0.2) is 0 Å². The Morgan fingerprint density at radius 2 is 1.94 bits per heavy atom. The van der Waals surface area contributed by atoms with Gasteiger partial charge in [0, 0.05) is 43.8 Å². The summed E-state index contributed by atoms with van der Waals surface area (Å²) in [7, 11) is 0. The van der Waals surface area contributed by atoms with E-state index < -0.39 is 11.7 Å². The van der Waals surface area contributed by atoms with Gasteiger partial charge in [-0.3, -0.25) is 4.79 Å². The Balaban J connectivity index is 1.43. The molecule has 1 aliphatic carbocycles. The lowest BCUT2D eigenvalue weighted by Gasteiger charge is -2.46. The number of carbonyl (C=O) groups is 1. The third-order valence-corrected chi connectivity index (χ3v) is 6.90. The van der Waals surface area contributed by atoms with Gasteiger partial charge in [0.2, 0.25) is 5.91 Å². The van der Waals surface area contributed by atoms with E-state index in [0.29, 0.717) is 30.8 Å². The van der Waals surface area contributed by atoms with Crippen LogP contribution in [-0.4, -0.2) is 40.7 Å². The monoisotopic (exact) mass is 419 g/mol. The first-order valence-electron chi connectivity index (χ1n) is 11.3. The van der Waals surface area contributed by atoms with Gasteiger partial charge < -0.3 is 14.7 Å². The molecule has 1 aromatic rings. The highest BCUT2D eigenvalue weighted by Gasteiger charge is 2.45. The molecule has 4 heteroatoms. The van der Waals surface area contributed by atoms with E-state index in [-0.39, 0.29) is 11.8 Å². The lowest BCUT2D eigenvalue weighted by molar-refractivity contribution is -0.140. The van der Waals surface area contributed by atoms with Crippen molar-refractivity contribution in [2.75, 3.05) is 13.1 Å². The number of amides is 1. The molecule has 1 atom stereocenters. The molecule has 1 N–H and O–H groups in total. The van der Waals surface area contributed by atoms with Crippen LogP contribution in [-0.2, 0) is 9.53 Å². The van der Waals surface area contributed by atoms with Crippen LogP contribution >= 0.6 is 0 Å². The molecule has 4 rings (SSSR count). The molecule has 2 saturated heterocycles. The Morgan fingerprint density at radius 1 is 1.26 bits per heavy atom. The number of likely N-dealkylation sites (tertiary alicyclic amines) is 1. The van der Waals surface area contributed by atoms with Gasteiger partial charge in [0.25, 0.3) is 0 Å². The Kier molecular flexibility index (Phi) is 5.94. The van der Waals surface area contributed by atoms with E-state index in [2.05, 4.69) is 38.3 Å².